The van der Waals surface area contributed by atoms with E-state index in [9.17, 15) is 0 Å². The van der Waals surface area contributed by atoms with Crippen LogP contribution in [-0.2, 0) is 17.8 Å². The van der Waals surface area contributed by atoms with Crippen LogP contribution in [0.1, 0.15) is 11.1 Å². The topological polar surface area (TPSA) is 49.3 Å². The van der Waals surface area contributed by atoms with Crippen molar-refractivity contribution in [2.24, 2.45) is 4.99 Å². The number of hydrogen-bond donors (Lipinski definition) is 1. The van der Waals surface area contributed by atoms with Crippen molar-refractivity contribution in [1.29, 1.82) is 0 Å². The Morgan fingerprint density at radius 3 is 2.62 bits per heavy atom. The Kier molecular flexibility index (Phi) is 6.32. The van der Waals surface area contributed by atoms with Crippen molar-refractivity contribution in [3.63, 3.8) is 0 Å². The van der Waals surface area contributed by atoms with Crippen molar-refractivity contribution in [1.82, 2.24) is 15.1 Å². The van der Waals surface area contributed by atoms with E-state index in [0.717, 1.165) is 51.0 Å². The van der Waals surface area contributed by atoms with Crippen LogP contribution in [0.25, 0.3) is 0 Å². The lowest BCUT2D eigenvalue weighted by atomic mass is 10.1. The molecule has 2 saturated heterocycles. The molecule has 0 bridgehead atoms. The van der Waals surface area contributed by atoms with Gasteiger partial charge in [0.05, 0.1) is 25.9 Å². The number of morpholine rings is 1. The zero-order valence-electron chi connectivity index (χ0n) is 17.3. The van der Waals surface area contributed by atoms with Gasteiger partial charge in [-0.3, -0.25) is 9.89 Å². The van der Waals surface area contributed by atoms with Crippen LogP contribution >= 0.6 is 0 Å². The third-order valence-corrected chi connectivity index (χ3v) is 5.77. The SMILES string of the molecule is CN=C(NCc1ccc(OC)cc1)N1CC2OCCN(Cc3ccccc3)C2C1. The first kappa shape index (κ1) is 19.7. The molecule has 1 N–H and O–H groups in total. The number of benzene rings is 2. The summed E-state index contributed by atoms with van der Waals surface area (Å²) in [7, 11) is 3.53. The van der Waals surface area contributed by atoms with Crippen LogP contribution in [0.4, 0.5) is 0 Å². The highest BCUT2D eigenvalue weighted by Gasteiger charge is 2.41. The predicted octanol–water partition coefficient (Wildman–Crippen LogP) is 2.36. The highest BCUT2D eigenvalue weighted by Crippen LogP contribution is 2.24. The smallest absolute Gasteiger partial charge is 0.194 e. The van der Waals surface area contributed by atoms with Gasteiger partial charge >= 0.3 is 0 Å². The molecule has 154 valence electrons. The second-order valence-electron chi connectivity index (χ2n) is 7.59. The molecule has 0 spiro atoms. The molecule has 29 heavy (non-hydrogen) atoms. The van der Waals surface area contributed by atoms with Crippen molar-refractivity contribution in [2.75, 3.05) is 40.4 Å². The maximum Gasteiger partial charge on any atom is 0.194 e. The van der Waals surface area contributed by atoms with Gasteiger partial charge in [-0.15, -0.1) is 0 Å². The minimum atomic E-state index is 0.229. The number of nitrogens with zero attached hydrogens (tertiary/aromatic N) is 3. The molecule has 2 aliphatic heterocycles. The van der Waals surface area contributed by atoms with Gasteiger partial charge in [-0.05, 0) is 23.3 Å². The molecule has 4 rings (SSSR count). The van der Waals surface area contributed by atoms with E-state index in [1.54, 1.807) is 7.11 Å². The van der Waals surface area contributed by atoms with E-state index in [2.05, 4.69) is 62.6 Å². The average Bonchev–Trinajstić information content (AvgIpc) is 3.20. The number of guanidine groups is 1. The van der Waals surface area contributed by atoms with E-state index >= 15 is 0 Å². The van der Waals surface area contributed by atoms with Crippen LogP contribution in [0.3, 0.4) is 0 Å². The van der Waals surface area contributed by atoms with Gasteiger partial charge in [0, 0.05) is 39.8 Å². The molecule has 2 unspecified atom stereocenters. The van der Waals surface area contributed by atoms with Crippen LogP contribution in [0.5, 0.6) is 5.75 Å². The maximum absolute atomic E-state index is 6.10. The van der Waals surface area contributed by atoms with Crippen molar-refractivity contribution in [3.05, 3.63) is 65.7 Å². The van der Waals surface area contributed by atoms with E-state index in [1.165, 1.54) is 11.1 Å². The van der Waals surface area contributed by atoms with Crippen molar-refractivity contribution < 1.29 is 9.47 Å². The third-order valence-electron chi connectivity index (χ3n) is 5.77. The number of fused-ring (bicyclic) bond motifs is 1. The maximum atomic E-state index is 6.10. The Balaban J connectivity index is 1.37. The lowest BCUT2D eigenvalue weighted by molar-refractivity contribution is -0.0502. The summed E-state index contributed by atoms with van der Waals surface area (Å²) < 4.78 is 11.3. The van der Waals surface area contributed by atoms with Crippen molar-refractivity contribution in [2.45, 2.75) is 25.2 Å². The minimum Gasteiger partial charge on any atom is -0.497 e. The minimum absolute atomic E-state index is 0.229. The monoisotopic (exact) mass is 394 g/mol. The second kappa shape index (κ2) is 9.29. The molecule has 0 aromatic heterocycles. The Morgan fingerprint density at radius 1 is 1.10 bits per heavy atom. The standard InChI is InChI=1S/C23H30N4O2/c1-24-23(25-14-18-8-10-20(28-2)11-9-18)27-16-21-22(17-27)29-13-12-26(21)15-19-6-4-3-5-7-19/h3-11,21-22H,12-17H2,1-2H3,(H,24,25). The molecular weight excluding hydrogens is 364 g/mol. The zero-order chi connectivity index (χ0) is 20.1. The van der Waals surface area contributed by atoms with Crippen LogP contribution in [-0.4, -0.2) is 68.3 Å². The Morgan fingerprint density at radius 2 is 1.90 bits per heavy atom. The van der Waals surface area contributed by atoms with Gasteiger partial charge in [0.2, 0.25) is 0 Å². The normalized spacial score (nSPS) is 22.4. The number of methoxy groups -OCH3 is 1. The van der Waals surface area contributed by atoms with Gasteiger partial charge in [0.1, 0.15) is 5.75 Å². The van der Waals surface area contributed by atoms with Crippen LogP contribution in [0.15, 0.2) is 59.6 Å². The quantitative estimate of drug-likeness (QED) is 0.623. The molecule has 2 fully saturated rings. The molecule has 2 aliphatic rings. The van der Waals surface area contributed by atoms with Crippen molar-refractivity contribution in [3.8, 4) is 5.75 Å². The summed E-state index contributed by atoms with van der Waals surface area (Å²) in [5, 5.41) is 3.50. The van der Waals surface area contributed by atoms with Crippen LogP contribution in [0.2, 0.25) is 0 Å². The summed E-state index contributed by atoms with van der Waals surface area (Å²) in [6.45, 7) is 5.27. The molecule has 2 aromatic carbocycles. The molecule has 6 heteroatoms. The summed E-state index contributed by atoms with van der Waals surface area (Å²) in [4.78, 5) is 9.40. The molecular formula is C23H30N4O2. The Hall–Kier alpha value is -2.57. The van der Waals surface area contributed by atoms with E-state index in [0.29, 0.717) is 6.04 Å². The highest BCUT2D eigenvalue weighted by molar-refractivity contribution is 5.80. The number of rotatable bonds is 5. The fourth-order valence-corrected chi connectivity index (χ4v) is 4.20. The van der Waals surface area contributed by atoms with E-state index in [-0.39, 0.29) is 6.10 Å². The summed E-state index contributed by atoms with van der Waals surface area (Å²) >= 11 is 0. The van der Waals surface area contributed by atoms with E-state index in [4.69, 9.17) is 9.47 Å². The second-order valence-corrected chi connectivity index (χ2v) is 7.59. The Bertz CT molecular complexity index is 809. The van der Waals surface area contributed by atoms with Gasteiger partial charge in [0.25, 0.3) is 0 Å². The van der Waals surface area contributed by atoms with Gasteiger partial charge in [-0.2, -0.15) is 0 Å². The molecule has 6 nitrogen and oxygen atoms in total. The van der Waals surface area contributed by atoms with Gasteiger partial charge in [-0.1, -0.05) is 42.5 Å². The Labute approximate surface area is 173 Å². The summed E-state index contributed by atoms with van der Waals surface area (Å²) in [6, 6.07) is 19.2. The van der Waals surface area contributed by atoms with E-state index in [1.807, 2.05) is 19.2 Å². The molecule has 0 aliphatic carbocycles. The highest BCUT2D eigenvalue weighted by atomic mass is 16.5. The largest absolute Gasteiger partial charge is 0.497 e. The predicted molar refractivity (Wildman–Crippen MR) is 115 cm³/mol. The first-order chi connectivity index (χ1) is 14.3. The molecule has 2 aromatic rings. The van der Waals surface area contributed by atoms with E-state index < -0.39 is 0 Å². The number of likely N-dealkylation sites (tertiary alicyclic amines) is 1. The fraction of sp³-hybridized carbons (Fsp3) is 0.435. The number of hydrogen-bond acceptors (Lipinski definition) is 4. The zero-order valence-corrected chi connectivity index (χ0v) is 17.3. The molecule has 0 saturated carbocycles. The van der Waals surface area contributed by atoms with Gasteiger partial charge in [-0.25, -0.2) is 0 Å². The number of nitrogens with one attached hydrogen (secondary N) is 1. The van der Waals surface area contributed by atoms with Gasteiger partial charge < -0.3 is 19.7 Å². The van der Waals surface area contributed by atoms with Crippen molar-refractivity contribution >= 4 is 5.96 Å². The lowest BCUT2D eigenvalue weighted by Gasteiger charge is -2.36. The number of ether oxygens (including phenoxy) is 2. The summed E-state index contributed by atoms with van der Waals surface area (Å²) in [5.74, 6) is 1.80. The molecule has 0 radical (unpaired) electrons. The fourth-order valence-electron chi connectivity index (χ4n) is 4.20. The molecule has 0 amide bonds. The molecule has 2 heterocycles. The lowest BCUT2D eigenvalue weighted by Crippen LogP contribution is -2.50. The van der Waals surface area contributed by atoms with Gasteiger partial charge in [0.15, 0.2) is 5.96 Å². The summed E-state index contributed by atoms with van der Waals surface area (Å²) in [5.41, 5.74) is 2.55. The number of aliphatic imine (C=N–C) groups is 1. The average molecular weight is 395 g/mol. The molecule has 2 atom stereocenters. The summed E-state index contributed by atoms with van der Waals surface area (Å²) in [6.07, 6.45) is 0.229. The first-order valence-corrected chi connectivity index (χ1v) is 10.2. The van der Waals surface area contributed by atoms with Crippen LogP contribution in [0, 0.1) is 0 Å². The van der Waals surface area contributed by atoms with Crippen LogP contribution < -0.4 is 10.1 Å². The third kappa shape index (κ3) is 4.71. The first-order valence-electron chi connectivity index (χ1n) is 10.2.